The van der Waals surface area contributed by atoms with E-state index < -0.39 is 0 Å². The zero-order valence-corrected chi connectivity index (χ0v) is 26.9. The molecule has 6 rings (SSSR count). The van der Waals surface area contributed by atoms with Gasteiger partial charge in [0.25, 0.3) is 0 Å². The number of piperidine rings is 2. The summed E-state index contributed by atoms with van der Waals surface area (Å²) in [5.74, 6) is 1.20. The van der Waals surface area contributed by atoms with E-state index in [1.165, 1.54) is 16.7 Å². The average molecular weight is 676 g/mol. The molecule has 3 aliphatic rings. The molecule has 0 bridgehead atoms. The Balaban J connectivity index is 1.02. The molecule has 3 aromatic rings. The number of amidine groups is 1. The molecule has 1 aromatic heterocycles. The Morgan fingerprint density at radius 3 is 2.55 bits per heavy atom. The number of aromatic nitrogens is 1. The van der Waals surface area contributed by atoms with Gasteiger partial charge in [0.1, 0.15) is 5.75 Å². The van der Waals surface area contributed by atoms with Gasteiger partial charge in [0.15, 0.2) is 0 Å². The summed E-state index contributed by atoms with van der Waals surface area (Å²) in [5, 5.41) is 13.2. The highest BCUT2D eigenvalue weighted by Gasteiger charge is 2.34. The number of amides is 1. The number of aliphatic imine (C=N–C) groups is 1. The highest BCUT2D eigenvalue weighted by molar-refractivity contribution is 9.10. The van der Waals surface area contributed by atoms with E-state index >= 15 is 0 Å². The summed E-state index contributed by atoms with van der Waals surface area (Å²) in [6, 6.07) is 18.2. The van der Waals surface area contributed by atoms with E-state index in [4.69, 9.17) is 21.3 Å². The van der Waals surface area contributed by atoms with Crippen molar-refractivity contribution in [1.82, 2.24) is 20.1 Å². The molecule has 0 saturated carbocycles. The van der Waals surface area contributed by atoms with E-state index in [1.807, 2.05) is 53.7 Å². The van der Waals surface area contributed by atoms with Crippen molar-refractivity contribution in [2.75, 3.05) is 32.7 Å². The number of carbonyl (C=O) groups excluding carboxylic acids is 1. The number of rotatable bonds is 5. The van der Waals surface area contributed by atoms with Gasteiger partial charge in [-0.2, -0.15) is 5.26 Å². The van der Waals surface area contributed by atoms with Crippen molar-refractivity contribution in [1.29, 1.82) is 5.26 Å². The standard InChI is InChI=1S/C34H36BrClN6O2/c35-27-18-26-7-6-25-19-28(36)8-9-30(25)32(31(26)38-21-27)41-16-12-24(13-17-41)33(43)39-20-23-10-14-42(15-11-23)34(40-22-37)44-29-4-2-1-3-5-29/h1-5,8-9,18-19,21,23-24,32H,6-7,10-17,20H2,(H,39,43). The lowest BCUT2D eigenvalue weighted by atomic mass is 9.90. The highest BCUT2D eigenvalue weighted by atomic mass is 79.9. The number of halogens is 2. The van der Waals surface area contributed by atoms with Gasteiger partial charge in [0.2, 0.25) is 12.1 Å². The summed E-state index contributed by atoms with van der Waals surface area (Å²) >= 11 is 10.0. The first-order chi connectivity index (χ1) is 21.5. The summed E-state index contributed by atoms with van der Waals surface area (Å²) in [6.07, 6.45) is 9.05. The number of carbonyl (C=O) groups is 1. The number of nitriles is 1. The van der Waals surface area contributed by atoms with Crippen LogP contribution < -0.4 is 10.1 Å². The average Bonchev–Trinajstić information content (AvgIpc) is 3.20. The Morgan fingerprint density at radius 1 is 1.05 bits per heavy atom. The molecule has 1 amide bonds. The summed E-state index contributed by atoms with van der Waals surface area (Å²) in [6.45, 7) is 3.80. The molecule has 1 atom stereocenters. The number of aryl methyl sites for hydroxylation is 2. The molecule has 228 valence electrons. The van der Waals surface area contributed by atoms with Crippen LogP contribution in [0.3, 0.4) is 0 Å². The normalized spacial score (nSPS) is 19.8. The van der Waals surface area contributed by atoms with Crippen LogP contribution in [0.4, 0.5) is 0 Å². The number of pyridine rings is 1. The fraction of sp³-hybridized carbons (Fsp3) is 0.412. The summed E-state index contributed by atoms with van der Waals surface area (Å²) in [7, 11) is 0. The SMILES string of the molecule is N#CN=C(Oc1ccccc1)N1CCC(CNC(=O)C2CCN(C3c4ccc(Cl)cc4CCc4cc(Br)cnc43)CC2)CC1. The van der Waals surface area contributed by atoms with E-state index in [0.717, 1.165) is 79.9 Å². The number of nitrogens with one attached hydrogen (secondary N) is 1. The molecular formula is C34H36BrClN6O2. The molecule has 1 N–H and O–H groups in total. The molecular weight excluding hydrogens is 640 g/mol. The van der Waals surface area contributed by atoms with Gasteiger partial charge >= 0.3 is 6.02 Å². The Hall–Kier alpha value is -3.45. The Labute approximate surface area is 272 Å². The van der Waals surface area contributed by atoms with Gasteiger partial charge in [-0.15, -0.1) is 4.99 Å². The minimum Gasteiger partial charge on any atom is -0.425 e. The predicted octanol–water partition coefficient (Wildman–Crippen LogP) is 6.14. The van der Waals surface area contributed by atoms with E-state index in [-0.39, 0.29) is 17.9 Å². The summed E-state index contributed by atoms with van der Waals surface area (Å²) < 4.78 is 6.88. The Morgan fingerprint density at radius 2 is 1.80 bits per heavy atom. The molecule has 2 saturated heterocycles. The fourth-order valence-electron chi connectivity index (χ4n) is 6.71. The van der Waals surface area contributed by atoms with Gasteiger partial charge in [0.05, 0.1) is 11.7 Å². The Bertz CT molecular complexity index is 1490. The lowest BCUT2D eigenvalue weighted by Gasteiger charge is -2.38. The third-order valence-corrected chi connectivity index (χ3v) is 9.77. The summed E-state index contributed by atoms with van der Waals surface area (Å²) in [5.41, 5.74) is 4.93. The first-order valence-electron chi connectivity index (χ1n) is 15.4. The van der Waals surface area contributed by atoms with E-state index in [1.54, 1.807) is 0 Å². The topological polar surface area (TPSA) is 93.8 Å². The molecule has 0 radical (unpaired) electrons. The number of nitrogens with zero attached hydrogens (tertiary/aromatic N) is 5. The second-order valence-electron chi connectivity index (χ2n) is 11.8. The molecule has 8 nitrogen and oxygen atoms in total. The first kappa shape index (κ1) is 30.6. The number of fused-ring (bicyclic) bond motifs is 2. The largest absolute Gasteiger partial charge is 0.425 e. The molecule has 10 heteroatoms. The molecule has 2 fully saturated rings. The minimum atomic E-state index is 0.00721. The van der Waals surface area contributed by atoms with Crippen molar-refractivity contribution >= 4 is 39.5 Å². The fourth-order valence-corrected chi connectivity index (χ4v) is 7.29. The number of benzene rings is 2. The first-order valence-corrected chi connectivity index (χ1v) is 16.5. The van der Waals surface area contributed by atoms with Gasteiger partial charge in [-0.25, -0.2) is 0 Å². The van der Waals surface area contributed by atoms with Crippen molar-refractivity contribution in [3.63, 3.8) is 0 Å². The van der Waals surface area contributed by atoms with Gasteiger partial charge in [-0.05, 0) is 120 Å². The van der Waals surface area contributed by atoms with Crippen molar-refractivity contribution < 1.29 is 9.53 Å². The highest BCUT2D eigenvalue weighted by Crippen LogP contribution is 2.39. The third kappa shape index (κ3) is 7.09. The predicted molar refractivity (Wildman–Crippen MR) is 174 cm³/mol. The monoisotopic (exact) mass is 674 g/mol. The van der Waals surface area contributed by atoms with Crippen molar-refractivity contribution in [2.24, 2.45) is 16.8 Å². The van der Waals surface area contributed by atoms with Crippen LogP contribution in [0.5, 0.6) is 5.75 Å². The molecule has 2 aliphatic heterocycles. The van der Waals surface area contributed by atoms with Gasteiger partial charge < -0.3 is 15.0 Å². The van der Waals surface area contributed by atoms with Crippen LogP contribution >= 0.6 is 27.5 Å². The van der Waals surface area contributed by atoms with Gasteiger partial charge in [-0.3, -0.25) is 14.7 Å². The van der Waals surface area contributed by atoms with E-state index in [9.17, 15) is 10.1 Å². The second kappa shape index (κ2) is 14.1. The van der Waals surface area contributed by atoms with Crippen LogP contribution in [-0.4, -0.2) is 59.4 Å². The third-order valence-electron chi connectivity index (χ3n) is 9.10. The van der Waals surface area contributed by atoms with Crippen LogP contribution in [-0.2, 0) is 17.6 Å². The molecule has 1 unspecified atom stereocenters. The molecule has 1 aliphatic carbocycles. The maximum Gasteiger partial charge on any atom is 0.308 e. The molecule has 3 heterocycles. The maximum atomic E-state index is 13.3. The second-order valence-corrected chi connectivity index (χ2v) is 13.2. The number of hydrogen-bond donors (Lipinski definition) is 1. The zero-order valence-electron chi connectivity index (χ0n) is 24.6. The number of para-hydroxylation sites is 1. The minimum absolute atomic E-state index is 0.00721. The molecule has 2 aromatic carbocycles. The lowest BCUT2D eigenvalue weighted by molar-refractivity contribution is -0.126. The molecule has 44 heavy (non-hydrogen) atoms. The van der Waals surface area contributed by atoms with E-state index in [0.29, 0.717) is 24.2 Å². The van der Waals surface area contributed by atoms with Crippen LogP contribution in [0.1, 0.15) is 54.1 Å². The maximum absolute atomic E-state index is 13.3. The summed E-state index contributed by atoms with van der Waals surface area (Å²) in [4.78, 5) is 26.6. The number of ether oxygens (including phenoxy) is 1. The van der Waals surface area contributed by atoms with Crippen LogP contribution in [0.2, 0.25) is 5.02 Å². The van der Waals surface area contributed by atoms with Gasteiger partial charge in [-0.1, -0.05) is 35.9 Å². The number of likely N-dealkylation sites (tertiary alicyclic amines) is 2. The van der Waals surface area contributed by atoms with Crippen LogP contribution in [0.15, 0.2) is 70.3 Å². The smallest absolute Gasteiger partial charge is 0.308 e. The zero-order chi connectivity index (χ0) is 30.5. The number of hydrogen-bond acceptors (Lipinski definition) is 6. The lowest BCUT2D eigenvalue weighted by Crippen LogP contribution is -2.45. The molecule has 0 spiro atoms. The van der Waals surface area contributed by atoms with Crippen molar-refractivity contribution in [3.05, 3.63) is 92.7 Å². The quantitative estimate of drug-likeness (QED) is 0.198. The van der Waals surface area contributed by atoms with Crippen LogP contribution in [0.25, 0.3) is 0 Å². The van der Waals surface area contributed by atoms with Crippen LogP contribution in [0, 0.1) is 23.3 Å². The van der Waals surface area contributed by atoms with Crippen molar-refractivity contribution in [2.45, 2.75) is 44.6 Å². The van der Waals surface area contributed by atoms with Crippen molar-refractivity contribution in [3.8, 4) is 11.9 Å². The Kier molecular flexibility index (Phi) is 9.80. The van der Waals surface area contributed by atoms with E-state index in [2.05, 4.69) is 49.3 Å². The van der Waals surface area contributed by atoms with Gasteiger partial charge in [0, 0.05) is 41.2 Å².